The second-order valence-electron chi connectivity index (χ2n) is 7.05. The molecule has 2 atom stereocenters. The standard InChI is InChI=1S/C19H22N4O2/c1-13-9-10-22(12-13)19(25)16-11-14-5-3-4-6-15(14)23(16)17-7-8-18(24)21(2)20-17/h3-8,13,16H,9-12H2,1-2H3. The van der Waals surface area contributed by atoms with Gasteiger partial charge in [0.15, 0.2) is 5.82 Å². The molecule has 25 heavy (non-hydrogen) atoms. The maximum Gasteiger partial charge on any atom is 0.266 e. The molecule has 3 heterocycles. The Bertz CT molecular complexity index is 876. The number of hydrogen-bond donors (Lipinski definition) is 0. The summed E-state index contributed by atoms with van der Waals surface area (Å²) >= 11 is 0. The Kier molecular flexibility index (Phi) is 3.82. The molecule has 2 aliphatic heterocycles. The minimum atomic E-state index is -0.298. The van der Waals surface area contributed by atoms with Gasteiger partial charge < -0.3 is 9.80 Å². The van der Waals surface area contributed by atoms with Crippen LogP contribution in [0, 0.1) is 5.92 Å². The van der Waals surface area contributed by atoms with Crippen LogP contribution in [-0.4, -0.2) is 39.7 Å². The van der Waals surface area contributed by atoms with E-state index in [-0.39, 0.29) is 17.5 Å². The highest BCUT2D eigenvalue weighted by molar-refractivity contribution is 5.91. The molecule has 4 rings (SSSR count). The molecule has 0 bridgehead atoms. The highest BCUT2D eigenvalue weighted by Crippen LogP contribution is 2.38. The summed E-state index contributed by atoms with van der Waals surface area (Å²) in [6, 6.07) is 11.0. The van der Waals surface area contributed by atoms with Gasteiger partial charge in [0.05, 0.1) is 0 Å². The molecule has 130 valence electrons. The lowest BCUT2D eigenvalue weighted by molar-refractivity contribution is -0.131. The molecule has 1 amide bonds. The van der Waals surface area contributed by atoms with Crippen LogP contribution in [0.15, 0.2) is 41.2 Å². The number of nitrogens with zero attached hydrogens (tertiary/aromatic N) is 4. The van der Waals surface area contributed by atoms with Crippen LogP contribution in [0.4, 0.5) is 11.5 Å². The maximum atomic E-state index is 13.2. The Labute approximate surface area is 146 Å². The van der Waals surface area contributed by atoms with E-state index in [9.17, 15) is 9.59 Å². The van der Waals surface area contributed by atoms with Crippen molar-refractivity contribution in [1.29, 1.82) is 0 Å². The Hall–Kier alpha value is -2.63. The molecule has 2 aromatic rings. The predicted octanol–water partition coefficient (Wildman–Crippen LogP) is 1.71. The number of anilines is 2. The summed E-state index contributed by atoms with van der Waals surface area (Å²) in [5.41, 5.74) is 1.98. The minimum absolute atomic E-state index is 0.149. The fourth-order valence-electron chi connectivity index (χ4n) is 3.83. The number of fused-ring (bicyclic) bond motifs is 1. The molecule has 0 saturated carbocycles. The zero-order valence-electron chi connectivity index (χ0n) is 14.6. The molecule has 0 N–H and O–H groups in total. The van der Waals surface area contributed by atoms with Crippen molar-refractivity contribution in [3.8, 4) is 0 Å². The van der Waals surface area contributed by atoms with Crippen LogP contribution >= 0.6 is 0 Å². The number of benzene rings is 1. The van der Waals surface area contributed by atoms with Gasteiger partial charge in [-0.05, 0) is 30.0 Å². The molecule has 0 spiro atoms. The van der Waals surface area contributed by atoms with Gasteiger partial charge in [0.1, 0.15) is 6.04 Å². The fraction of sp³-hybridized carbons (Fsp3) is 0.421. The van der Waals surface area contributed by atoms with Crippen LogP contribution in [-0.2, 0) is 18.3 Å². The molecule has 0 radical (unpaired) electrons. The highest BCUT2D eigenvalue weighted by Gasteiger charge is 2.39. The largest absolute Gasteiger partial charge is 0.341 e. The number of rotatable bonds is 2. The lowest BCUT2D eigenvalue weighted by atomic mass is 10.1. The maximum absolute atomic E-state index is 13.2. The van der Waals surface area contributed by atoms with E-state index in [0.717, 1.165) is 30.8 Å². The molecule has 6 nitrogen and oxygen atoms in total. The van der Waals surface area contributed by atoms with Gasteiger partial charge in [-0.25, -0.2) is 4.68 Å². The Morgan fingerprint density at radius 1 is 1.20 bits per heavy atom. The van der Waals surface area contributed by atoms with Crippen LogP contribution in [0.2, 0.25) is 0 Å². The number of likely N-dealkylation sites (tertiary alicyclic amines) is 1. The van der Waals surface area contributed by atoms with Crippen molar-refractivity contribution in [3.05, 3.63) is 52.3 Å². The molecule has 1 aromatic carbocycles. The Morgan fingerprint density at radius 3 is 2.72 bits per heavy atom. The van der Waals surface area contributed by atoms with Crippen molar-refractivity contribution in [2.45, 2.75) is 25.8 Å². The summed E-state index contributed by atoms with van der Waals surface area (Å²) in [6.07, 6.45) is 1.73. The SMILES string of the molecule is CC1CCN(C(=O)C2Cc3ccccc3N2c2ccc(=O)n(C)n2)C1. The normalized spacial score (nSPS) is 22.3. The molecule has 2 unspecified atom stereocenters. The zero-order valence-corrected chi connectivity index (χ0v) is 14.6. The Balaban J connectivity index is 1.74. The molecular weight excluding hydrogens is 316 g/mol. The number of amides is 1. The van der Waals surface area contributed by atoms with Crippen LogP contribution in [0.25, 0.3) is 0 Å². The van der Waals surface area contributed by atoms with Crippen LogP contribution in [0.1, 0.15) is 18.9 Å². The first kappa shape index (κ1) is 15.9. The second kappa shape index (κ2) is 6.02. The molecule has 1 aromatic heterocycles. The van der Waals surface area contributed by atoms with Gasteiger partial charge in [-0.3, -0.25) is 9.59 Å². The molecule has 1 fully saturated rings. The van der Waals surface area contributed by atoms with Crippen molar-refractivity contribution in [2.75, 3.05) is 18.0 Å². The van der Waals surface area contributed by atoms with Gasteiger partial charge in [0.2, 0.25) is 5.91 Å². The van der Waals surface area contributed by atoms with E-state index in [1.54, 1.807) is 13.1 Å². The van der Waals surface area contributed by atoms with Crippen molar-refractivity contribution >= 4 is 17.4 Å². The van der Waals surface area contributed by atoms with E-state index in [1.165, 1.54) is 10.7 Å². The van der Waals surface area contributed by atoms with Crippen molar-refractivity contribution in [2.24, 2.45) is 13.0 Å². The van der Waals surface area contributed by atoms with Crippen molar-refractivity contribution < 1.29 is 4.79 Å². The summed E-state index contributed by atoms with van der Waals surface area (Å²) in [6.45, 7) is 3.82. The second-order valence-corrected chi connectivity index (χ2v) is 7.05. The third-order valence-electron chi connectivity index (χ3n) is 5.19. The smallest absolute Gasteiger partial charge is 0.266 e. The van der Waals surface area contributed by atoms with Gasteiger partial charge in [-0.1, -0.05) is 25.1 Å². The molecule has 0 aliphatic carbocycles. The highest BCUT2D eigenvalue weighted by atomic mass is 16.2. The minimum Gasteiger partial charge on any atom is -0.341 e. The van der Waals surface area contributed by atoms with Crippen LogP contribution < -0.4 is 10.5 Å². The summed E-state index contributed by atoms with van der Waals surface area (Å²) in [4.78, 5) is 28.8. The summed E-state index contributed by atoms with van der Waals surface area (Å²) in [7, 11) is 1.63. The summed E-state index contributed by atoms with van der Waals surface area (Å²) in [5.74, 6) is 1.34. The number of carbonyl (C=O) groups excluding carboxylic acids is 1. The first-order valence-corrected chi connectivity index (χ1v) is 8.75. The van der Waals surface area contributed by atoms with Crippen LogP contribution in [0.5, 0.6) is 0 Å². The zero-order chi connectivity index (χ0) is 17.6. The van der Waals surface area contributed by atoms with Gasteiger partial charge in [0, 0.05) is 38.3 Å². The third-order valence-corrected chi connectivity index (χ3v) is 5.19. The first-order valence-electron chi connectivity index (χ1n) is 8.75. The number of aromatic nitrogens is 2. The monoisotopic (exact) mass is 338 g/mol. The third kappa shape index (κ3) is 2.71. The van der Waals surface area contributed by atoms with E-state index >= 15 is 0 Å². The van der Waals surface area contributed by atoms with Crippen LogP contribution in [0.3, 0.4) is 0 Å². The van der Waals surface area contributed by atoms with E-state index in [4.69, 9.17) is 0 Å². The molecule has 2 aliphatic rings. The molecular formula is C19H22N4O2. The van der Waals surface area contributed by atoms with E-state index in [2.05, 4.69) is 18.1 Å². The average molecular weight is 338 g/mol. The van der Waals surface area contributed by atoms with Crippen molar-refractivity contribution in [1.82, 2.24) is 14.7 Å². The number of para-hydroxylation sites is 1. The molecule has 6 heteroatoms. The number of hydrogen-bond acceptors (Lipinski definition) is 4. The van der Waals surface area contributed by atoms with E-state index in [1.807, 2.05) is 28.0 Å². The predicted molar refractivity (Wildman–Crippen MR) is 95.9 cm³/mol. The lowest BCUT2D eigenvalue weighted by Crippen LogP contribution is -2.45. The lowest BCUT2D eigenvalue weighted by Gasteiger charge is -2.29. The number of carbonyl (C=O) groups is 1. The van der Waals surface area contributed by atoms with Gasteiger partial charge in [-0.2, -0.15) is 5.10 Å². The fourth-order valence-corrected chi connectivity index (χ4v) is 3.83. The quantitative estimate of drug-likeness (QED) is 0.836. The van der Waals surface area contributed by atoms with Crippen molar-refractivity contribution in [3.63, 3.8) is 0 Å². The van der Waals surface area contributed by atoms with Gasteiger partial charge in [-0.15, -0.1) is 0 Å². The average Bonchev–Trinajstić information content (AvgIpc) is 3.20. The summed E-state index contributed by atoms with van der Waals surface area (Å²) < 4.78 is 1.32. The number of aryl methyl sites for hydroxylation is 1. The summed E-state index contributed by atoms with van der Waals surface area (Å²) in [5, 5.41) is 4.39. The van der Waals surface area contributed by atoms with Gasteiger partial charge in [0.25, 0.3) is 5.56 Å². The first-order chi connectivity index (χ1) is 12.0. The van der Waals surface area contributed by atoms with E-state index in [0.29, 0.717) is 18.2 Å². The topological polar surface area (TPSA) is 58.4 Å². The molecule has 1 saturated heterocycles. The Morgan fingerprint density at radius 2 is 2.00 bits per heavy atom. The van der Waals surface area contributed by atoms with Gasteiger partial charge >= 0.3 is 0 Å². The van der Waals surface area contributed by atoms with E-state index < -0.39 is 0 Å².